The Labute approximate surface area is 201 Å². The van der Waals surface area contributed by atoms with Gasteiger partial charge in [0, 0.05) is 23.0 Å². The molecule has 0 spiro atoms. The van der Waals surface area contributed by atoms with Crippen molar-refractivity contribution < 1.29 is 13.9 Å². The molecule has 1 aliphatic heterocycles. The molecule has 10 heteroatoms. The minimum absolute atomic E-state index is 0.208. The van der Waals surface area contributed by atoms with Crippen LogP contribution in [0, 0.1) is 6.92 Å². The Kier molecular flexibility index (Phi) is 5.54. The Bertz CT molecular complexity index is 1350. The number of nitrogens with one attached hydrogen (secondary N) is 1. The summed E-state index contributed by atoms with van der Waals surface area (Å²) in [6.45, 7) is 3.96. The molecule has 1 fully saturated rings. The van der Waals surface area contributed by atoms with Gasteiger partial charge in [-0.25, -0.2) is 15.0 Å². The van der Waals surface area contributed by atoms with Crippen molar-refractivity contribution in [3.05, 3.63) is 36.4 Å². The van der Waals surface area contributed by atoms with Gasteiger partial charge in [0.2, 0.25) is 6.79 Å². The number of nitrogens with two attached hydrogens (primary N) is 1. The lowest BCUT2D eigenvalue weighted by Gasteiger charge is -2.11. The van der Waals surface area contributed by atoms with Gasteiger partial charge in [-0.1, -0.05) is 11.8 Å². The van der Waals surface area contributed by atoms with Crippen molar-refractivity contribution in [2.75, 3.05) is 19.1 Å². The van der Waals surface area contributed by atoms with Crippen molar-refractivity contribution >= 4 is 28.7 Å². The van der Waals surface area contributed by atoms with E-state index in [0.717, 1.165) is 64.8 Å². The van der Waals surface area contributed by atoms with Crippen LogP contribution in [-0.4, -0.2) is 38.9 Å². The smallest absolute Gasteiger partial charge is 0.231 e. The number of furan rings is 1. The molecule has 4 heterocycles. The number of fused-ring (bicyclic) bond motifs is 2. The van der Waals surface area contributed by atoms with Crippen LogP contribution < -0.4 is 20.5 Å². The largest absolute Gasteiger partial charge is 0.461 e. The minimum Gasteiger partial charge on any atom is -0.461 e. The van der Waals surface area contributed by atoms with E-state index in [4.69, 9.17) is 24.6 Å². The van der Waals surface area contributed by atoms with Crippen molar-refractivity contribution in [3.8, 4) is 22.8 Å². The molecule has 1 aliphatic carbocycles. The molecule has 9 nitrogen and oxygen atoms in total. The third-order valence-corrected chi connectivity index (χ3v) is 7.08. The standard InChI is InChI=1S/C24H26N6O3S/c1-14-4-7-17(33-14)16-10-18-19(32-13-31-18)11-20(16)34-24-29-21-22(25)27-12-28-23(21)30(24)9-3-2-8-26-15-5-6-15/h4,7,10-12,15,26H,2-3,5-6,8-9,13H2,1H3,(H2,25,27,28). The Hall–Kier alpha value is -3.24. The quantitative estimate of drug-likeness (QED) is 0.338. The van der Waals surface area contributed by atoms with E-state index in [1.54, 1.807) is 11.8 Å². The van der Waals surface area contributed by atoms with Gasteiger partial charge in [-0.15, -0.1) is 0 Å². The number of nitrogen functional groups attached to an aromatic ring is 1. The van der Waals surface area contributed by atoms with E-state index in [1.807, 2.05) is 31.2 Å². The van der Waals surface area contributed by atoms with Crippen LogP contribution in [0.1, 0.15) is 31.4 Å². The van der Waals surface area contributed by atoms with Crippen LogP contribution in [0.3, 0.4) is 0 Å². The summed E-state index contributed by atoms with van der Waals surface area (Å²) in [5.41, 5.74) is 8.45. The minimum atomic E-state index is 0.208. The fraction of sp³-hybridized carbons (Fsp3) is 0.375. The number of unbranched alkanes of at least 4 members (excludes halogenated alkanes) is 1. The summed E-state index contributed by atoms with van der Waals surface area (Å²) in [5, 5.41) is 4.38. The van der Waals surface area contributed by atoms with Crippen LogP contribution in [0.5, 0.6) is 11.5 Å². The van der Waals surface area contributed by atoms with E-state index < -0.39 is 0 Å². The van der Waals surface area contributed by atoms with Gasteiger partial charge in [0.25, 0.3) is 0 Å². The fourth-order valence-electron chi connectivity index (χ4n) is 4.08. The maximum absolute atomic E-state index is 6.15. The summed E-state index contributed by atoms with van der Waals surface area (Å²) in [4.78, 5) is 14.4. The second kappa shape index (κ2) is 8.84. The number of nitrogens with zero attached hydrogens (tertiary/aromatic N) is 4. The molecule has 0 radical (unpaired) electrons. The summed E-state index contributed by atoms with van der Waals surface area (Å²) in [7, 11) is 0. The number of rotatable bonds is 9. The summed E-state index contributed by atoms with van der Waals surface area (Å²) in [6.07, 6.45) is 6.19. The molecule has 3 N–H and O–H groups in total. The highest BCUT2D eigenvalue weighted by molar-refractivity contribution is 7.99. The SMILES string of the molecule is Cc1ccc(-c2cc3c(cc2Sc2nc4c(N)ncnc4n2CCCCNC2CC2)OCO3)o1. The lowest BCUT2D eigenvalue weighted by atomic mass is 10.1. The van der Waals surface area contributed by atoms with Gasteiger partial charge in [-0.05, 0) is 63.4 Å². The number of aromatic nitrogens is 4. The number of hydrogen-bond donors (Lipinski definition) is 2. The zero-order valence-electron chi connectivity index (χ0n) is 18.9. The molecule has 1 saturated carbocycles. The number of imidazole rings is 1. The Morgan fingerprint density at radius 3 is 2.79 bits per heavy atom. The topological polar surface area (TPSA) is 113 Å². The molecule has 0 unspecified atom stereocenters. The van der Waals surface area contributed by atoms with Crippen molar-refractivity contribution in [2.24, 2.45) is 0 Å². The van der Waals surface area contributed by atoms with Crippen molar-refractivity contribution in [1.82, 2.24) is 24.8 Å². The molecule has 0 saturated heterocycles. The number of ether oxygens (including phenoxy) is 2. The van der Waals surface area contributed by atoms with E-state index in [1.165, 1.54) is 19.2 Å². The molecule has 176 valence electrons. The first-order valence-electron chi connectivity index (χ1n) is 11.5. The average Bonchev–Trinajstić information content (AvgIpc) is 3.20. The summed E-state index contributed by atoms with van der Waals surface area (Å²) in [6, 6.07) is 8.60. The van der Waals surface area contributed by atoms with Gasteiger partial charge in [0.15, 0.2) is 33.6 Å². The second-order valence-corrected chi connectivity index (χ2v) is 9.64. The molecule has 0 bridgehead atoms. The monoisotopic (exact) mass is 478 g/mol. The molecule has 1 aromatic carbocycles. The normalized spacial score (nSPS) is 14.9. The van der Waals surface area contributed by atoms with E-state index in [-0.39, 0.29) is 6.79 Å². The van der Waals surface area contributed by atoms with E-state index >= 15 is 0 Å². The van der Waals surface area contributed by atoms with Crippen LogP contribution in [0.25, 0.3) is 22.5 Å². The molecule has 4 aromatic rings. The number of aryl methyl sites for hydroxylation is 2. The fourth-order valence-corrected chi connectivity index (χ4v) is 5.14. The van der Waals surface area contributed by atoms with E-state index in [9.17, 15) is 0 Å². The van der Waals surface area contributed by atoms with Crippen molar-refractivity contribution in [1.29, 1.82) is 0 Å². The second-order valence-electron chi connectivity index (χ2n) is 8.63. The first-order chi connectivity index (χ1) is 16.7. The van der Waals surface area contributed by atoms with Gasteiger partial charge in [0.05, 0.1) is 0 Å². The van der Waals surface area contributed by atoms with Crippen LogP contribution in [0.15, 0.2) is 45.1 Å². The predicted molar refractivity (Wildman–Crippen MR) is 129 cm³/mol. The van der Waals surface area contributed by atoms with Crippen LogP contribution in [0.4, 0.5) is 5.82 Å². The molecular formula is C24H26N6O3S. The highest BCUT2D eigenvalue weighted by Crippen LogP contribution is 2.45. The predicted octanol–water partition coefficient (Wildman–Crippen LogP) is 4.39. The molecule has 2 aliphatic rings. The van der Waals surface area contributed by atoms with Gasteiger partial charge in [0.1, 0.15) is 17.8 Å². The third kappa shape index (κ3) is 4.19. The highest BCUT2D eigenvalue weighted by Gasteiger charge is 2.23. The van der Waals surface area contributed by atoms with Crippen molar-refractivity contribution in [3.63, 3.8) is 0 Å². The van der Waals surface area contributed by atoms with E-state index in [2.05, 4.69) is 19.9 Å². The van der Waals surface area contributed by atoms with Crippen LogP contribution >= 0.6 is 11.8 Å². The zero-order chi connectivity index (χ0) is 23.1. The Morgan fingerprint density at radius 2 is 2.00 bits per heavy atom. The van der Waals surface area contributed by atoms with Gasteiger partial charge in [-0.3, -0.25) is 0 Å². The zero-order valence-corrected chi connectivity index (χ0v) is 19.7. The van der Waals surface area contributed by atoms with Crippen LogP contribution in [0.2, 0.25) is 0 Å². The lowest BCUT2D eigenvalue weighted by molar-refractivity contribution is 0.174. The van der Waals surface area contributed by atoms with Crippen molar-refractivity contribution in [2.45, 2.75) is 55.2 Å². The molecule has 3 aromatic heterocycles. The summed E-state index contributed by atoms with van der Waals surface area (Å²) < 4.78 is 19.4. The molecular weight excluding hydrogens is 452 g/mol. The van der Waals surface area contributed by atoms with Crippen LogP contribution in [-0.2, 0) is 6.54 Å². The first-order valence-corrected chi connectivity index (χ1v) is 12.4. The first kappa shape index (κ1) is 21.3. The highest BCUT2D eigenvalue weighted by atomic mass is 32.2. The maximum atomic E-state index is 6.15. The van der Waals surface area contributed by atoms with Gasteiger partial charge in [-0.2, -0.15) is 0 Å². The molecule has 34 heavy (non-hydrogen) atoms. The Balaban J connectivity index is 1.34. The summed E-state index contributed by atoms with van der Waals surface area (Å²) >= 11 is 1.54. The van der Waals surface area contributed by atoms with Gasteiger partial charge < -0.3 is 29.5 Å². The number of anilines is 1. The average molecular weight is 479 g/mol. The maximum Gasteiger partial charge on any atom is 0.231 e. The molecule has 6 rings (SSSR count). The summed E-state index contributed by atoms with van der Waals surface area (Å²) in [5.74, 6) is 3.42. The van der Waals surface area contributed by atoms with E-state index in [0.29, 0.717) is 22.8 Å². The number of benzene rings is 1. The third-order valence-electron chi connectivity index (χ3n) is 6.03. The molecule has 0 atom stereocenters. The molecule has 0 amide bonds. The Morgan fingerprint density at radius 1 is 1.15 bits per heavy atom. The lowest BCUT2D eigenvalue weighted by Crippen LogP contribution is -2.17. The number of hydrogen-bond acceptors (Lipinski definition) is 9. The van der Waals surface area contributed by atoms with Gasteiger partial charge >= 0.3 is 0 Å².